The molecule has 0 bridgehead atoms. The molecule has 0 unspecified atom stereocenters. The summed E-state index contributed by atoms with van der Waals surface area (Å²) in [5.41, 5.74) is 2.62. The van der Waals surface area contributed by atoms with Gasteiger partial charge in [-0.2, -0.15) is 5.10 Å². The molecule has 1 heterocycles. The third kappa shape index (κ3) is 5.17. The first kappa shape index (κ1) is 18.1. The van der Waals surface area contributed by atoms with Crippen molar-refractivity contribution in [3.63, 3.8) is 0 Å². The topological polar surface area (TPSA) is 46.9 Å². The summed E-state index contributed by atoms with van der Waals surface area (Å²) in [4.78, 5) is 12.1. The zero-order valence-electron chi connectivity index (χ0n) is 14.2. The van der Waals surface area contributed by atoms with E-state index >= 15 is 0 Å². The maximum absolute atomic E-state index is 13.1. The Labute approximate surface area is 156 Å². The first-order valence-corrected chi connectivity index (χ1v) is 8.78. The van der Waals surface area contributed by atoms with E-state index in [-0.39, 0.29) is 11.7 Å². The quantitative estimate of drug-likeness (QED) is 0.655. The SMILES string of the molecule is O=C(CCCc1ccccc1)Nc1cnn(Cc2ccc(F)cc2Cl)c1. The number of amides is 1. The van der Waals surface area contributed by atoms with Crippen molar-refractivity contribution < 1.29 is 9.18 Å². The lowest BCUT2D eigenvalue weighted by Crippen LogP contribution is -2.11. The minimum atomic E-state index is -0.373. The first-order chi connectivity index (χ1) is 12.6. The van der Waals surface area contributed by atoms with Crippen LogP contribution in [0.1, 0.15) is 24.0 Å². The lowest BCUT2D eigenvalue weighted by molar-refractivity contribution is -0.116. The number of rotatable bonds is 7. The molecular weight excluding hydrogens is 353 g/mol. The fourth-order valence-corrected chi connectivity index (χ4v) is 2.89. The van der Waals surface area contributed by atoms with Gasteiger partial charge >= 0.3 is 0 Å². The van der Waals surface area contributed by atoms with Gasteiger partial charge in [-0.15, -0.1) is 0 Å². The molecule has 3 rings (SSSR count). The van der Waals surface area contributed by atoms with Gasteiger partial charge in [0.15, 0.2) is 0 Å². The van der Waals surface area contributed by atoms with Crippen LogP contribution >= 0.6 is 11.6 Å². The average Bonchev–Trinajstić information content (AvgIpc) is 3.05. The molecule has 0 spiro atoms. The first-order valence-electron chi connectivity index (χ1n) is 8.40. The Morgan fingerprint density at radius 1 is 1.19 bits per heavy atom. The Bertz CT molecular complexity index is 880. The molecule has 1 aromatic heterocycles. The number of carbonyl (C=O) groups is 1. The Morgan fingerprint density at radius 2 is 2.00 bits per heavy atom. The minimum Gasteiger partial charge on any atom is -0.323 e. The van der Waals surface area contributed by atoms with E-state index in [1.165, 1.54) is 17.7 Å². The third-order valence-electron chi connectivity index (χ3n) is 3.98. The number of halogens is 2. The van der Waals surface area contributed by atoms with Gasteiger partial charge in [-0.05, 0) is 36.1 Å². The van der Waals surface area contributed by atoms with Gasteiger partial charge in [0.2, 0.25) is 5.91 Å². The molecule has 0 saturated heterocycles. The van der Waals surface area contributed by atoms with Crippen LogP contribution in [0.2, 0.25) is 5.02 Å². The standard InChI is InChI=1S/C20H19ClFN3O/c21-19-11-17(22)10-9-16(19)13-25-14-18(12-23-25)24-20(26)8-4-7-15-5-2-1-3-6-15/h1-3,5-6,9-12,14H,4,7-8,13H2,(H,24,26). The van der Waals surface area contributed by atoms with E-state index in [2.05, 4.69) is 22.5 Å². The highest BCUT2D eigenvalue weighted by molar-refractivity contribution is 6.31. The smallest absolute Gasteiger partial charge is 0.224 e. The number of aromatic nitrogens is 2. The molecule has 134 valence electrons. The number of benzene rings is 2. The van der Waals surface area contributed by atoms with Crippen molar-refractivity contribution in [2.45, 2.75) is 25.8 Å². The van der Waals surface area contributed by atoms with Crippen LogP contribution in [0.3, 0.4) is 0 Å². The van der Waals surface area contributed by atoms with Crippen molar-refractivity contribution in [1.82, 2.24) is 9.78 Å². The third-order valence-corrected chi connectivity index (χ3v) is 4.33. The number of aryl methyl sites for hydroxylation is 1. The molecule has 0 aliphatic carbocycles. The van der Waals surface area contributed by atoms with E-state index < -0.39 is 0 Å². The second kappa shape index (κ2) is 8.63. The highest BCUT2D eigenvalue weighted by atomic mass is 35.5. The lowest BCUT2D eigenvalue weighted by Gasteiger charge is -2.05. The van der Waals surface area contributed by atoms with Crippen molar-refractivity contribution in [2.75, 3.05) is 5.32 Å². The van der Waals surface area contributed by atoms with E-state index in [0.717, 1.165) is 18.4 Å². The maximum atomic E-state index is 13.1. The van der Waals surface area contributed by atoms with E-state index in [0.29, 0.717) is 23.7 Å². The molecule has 6 heteroatoms. The highest BCUT2D eigenvalue weighted by Gasteiger charge is 2.07. The summed E-state index contributed by atoms with van der Waals surface area (Å²) >= 11 is 6.03. The molecule has 1 amide bonds. The number of hydrogen-bond acceptors (Lipinski definition) is 2. The molecule has 1 N–H and O–H groups in total. The lowest BCUT2D eigenvalue weighted by atomic mass is 10.1. The zero-order chi connectivity index (χ0) is 18.4. The maximum Gasteiger partial charge on any atom is 0.224 e. The zero-order valence-corrected chi connectivity index (χ0v) is 14.9. The summed E-state index contributed by atoms with van der Waals surface area (Å²) in [6, 6.07) is 14.4. The summed E-state index contributed by atoms with van der Waals surface area (Å²) in [5.74, 6) is -0.414. The number of carbonyl (C=O) groups excluding carboxylic acids is 1. The summed E-state index contributed by atoms with van der Waals surface area (Å²) in [7, 11) is 0. The van der Waals surface area contributed by atoms with E-state index in [9.17, 15) is 9.18 Å². The summed E-state index contributed by atoms with van der Waals surface area (Å²) < 4.78 is 14.7. The predicted molar refractivity (Wildman–Crippen MR) is 101 cm³/mol. The Balaban J connectivity index is 1.49. The Hall–Kier alpha value is -2.66. The molecule has 0 atom stereocenters. The number of nitrogens with one attached hydrogen (secondary N) is 1. The van der Waals surface area contributed by atoms with Crippen LogP contribution in [0.15, 0.2) is 60.9 Å². The summed E-state index contributed by atoms with van der Waals surface area (Å²) in [6.07, 6.45) is 5.43. The molecule has 4 nitrogen and oxygen atoms in total. The molecular formula is C20H19ClFN3O. The second-order valence-electron chi connectivity index (χ2n) is 6.05. The van der Waals surface area contributed by atoms with E-state index in [1.807, 2.05) is 18.2 Å². The minimum absolute atomic E-state index is 0.0414. The van der Waals surface area contributed by atoms with Crippen LogP contribution in [-0.4, -0.2) is 15.7 Å². The normalized spacial score (nSPS) is 10.7. The molecule has 0 aliphatic heterocycles. The fraction of sp³-hybridized carbons (Fsp3) is 0.200. The van der Waals surface area contributed by atoms with Crippen LogP contribution in [0.25, 0.3) is 0 Å². The highest BCUT2D eigenvalue weighted by Crippen LogP contribution is 2.19. The van der Waals surface area contributed by atoms with Crippen molar-refractivity contribution in [1.29, 1.82) is 0 Å². The number of anilines is 1. The van der Waals surface area contributed by atoms with Gasteiger partial charge in [-0.25, -0.2) is 4.39 Å². The molecule has 3 aromatic rings. The van der Waals surface area contributed by atoms with Crippen molar-refractivity contribution in [3.8, 4) is 0 Å². The number of nitrogens with zero attached hydrogens (tertiary/aromatic N) is 2. The van der Waals surface area contributed by atoms with Crippen molar-refractivity contribution in [3.05, 3.63) is 82.9 Å². The van der Waals surface area contributed by atoms with Gasteiger partial charge in [-0.1, -0.05) is 48.0 Å². The van der Waals surface area contributed by atoms with Crippen LogP contribution < -0.4 is 5.32 Å². The molecule has 26 heavy (non-hydrogen) atoms. The fourth-order valence-electron chi connectivity index (χ4n) is 2.66. The van der Waals surface area contributed by atoms with Gasteiger partial charge in [0.1, 0.15) is 5.82 Å². The second-order valence-corrected chi connectivity index (χ2v) is 6.46. The average molecular weight is 372 g/mol. The van der Waals surface area contributed by atoms with Crippen LogP contribution in [-0.2, 0) is 17.8 Å². The van der Waals surface area contributed by atoms with Crippen molar-refractivity contribution in [2.24, 2.45) is 0 Å². The van der Waals surface area contributed by atoms with Gasteiger partial charge in [0.25, 0.3) is 0 Å². The van der Waals surface area contributed by atoms with Gasteiger partial charge in [0, 0.05) is 17.6 Å². The molecule has 2 aromatic carbocycles. The van der Waals surface area contributed by atoms with Gasteiger partial charge in [0.05, 0.1) is 18.4 Å². The Kier molecular flexibility index (Phi) is 6.02. The molecule has 0 radical (unpaired) electrons. The Morgan fingerprint density at radius 3 is 2.77 bits per heavy atom. The number of hydrogen-bond donors (Lipinski definition) is 1. The molecule has 0 saturated carbocycles. The monoisotopic (exact) mass is 371 g/mol. The summed E-state index contributed by atoms with van der Waals surface area (Å²) in [5, 5.41) is 7.40. The van der Waals surface area contributed by atoms with Gasteiger partial charge < -0.3 is 5.32 Å². The van der Waals surface area contributed by atoms with Crippen molar-refractivity contribution >= 4 is 23.2 Å². The van der Waals surface area contributed by atoms with E-state index in [4.69, 9.17) is 11.6 Å². The molecule has 0 aliphatic rings. The molecule has 0 fully saturated rings. The van der Waals surface area contributed by atoms with Crippen LogP contribution in [0.4, 0.5) is 10.1 Å². The van der Waals surface area contributed by atoms with Crippen LogP contribution in [0, 0.1) is 5.82 Å². The largest absolute Gasteiger partial charge is 0.323 e. The van der Waals surface area contributed by atoms with Crippen LogP contribution in [0.5, 0.6) is 0 Å². The predicted octanol–water partition coefficient (Wildman–Crippen LogP) is 4.69. The summed E-state index contributed by atoms with van der Waals surface area (Å²) in [6.45, 7) is 0.406. The van der Waals surface area contributed by atoms with E-state index in [1.54, 1.807) is 23.1 Å². The van der Waals surface area contributed by atoms with Gasteiger partial charge in [-0.3, -0.25) is 9.48 Å².